The molecule has 0 spiro atoms. The van der Waals surface area contributed by atoms with E-state index in [1.54, 1.807) is 0 Å². The highest BCUT2D eigenvalue weighted by atomic mass is 15.3. The molecule has 0 aromatic heterocycles. The van der Waals surface area contributed by atoms with Crippen molar-refractivity contribution in [3.05, 3.63) is 29.8 Å². The minimum absolute atomic E-state index is 0.599. The Hall–Kier alpha value is -1.55. The monoisotopic (exact) mass is 206 g/mol. The van der Waals surface area contributed by atoms with E-state index in [1.165, 1.54) is 5.56 Å². The fraction of sp³-hybridized carbons (Fsp3) is 0.364. The second kappa shape index (κ2) is 6.03. The molecule has 0 amide bonds. The van der Waals surface area contributed by atoms with Gasteiger partial charge in [0, 0.05) is 12.2 Å². The number of anilines is 1. The zero-order valence-corrected chi connectivity index (χ0v) is 9.25. The molecular formula is C11H18N4. The maximum Gasteiger partial charge on any atom is 0.210 e. The Morgan fingerprint density at radius 1 is 1.47 bits per heavy atom. The van der Waals surface area contributed by atoms with Crippen LogP contribution in [0, 0.1) is 6.92 Å². The summed E-state index contributed by atoms with van der Waals surface area (Å²) in [4.78, 5) is 4.26. The summed E-state index contributed by atoms with van der Waals surface area (Å²) in [6, 6.07) is 8.06. The summed E-state index contributed by atoms with van der Waals surface area (Å²) in [6.07, 6.45) is 1.00. The molecule has 0 atom stereocenters. The number of rotatable bonds is 3. The third-order valence-corrected chi connectivity index (χ3v) is 1.91. The average Bonchev–Trinajstić information content (AvgIpc) is 2.24. The number of aliphatic imine (C=N–C) groups is 1. The molecule has 4 heteroatoms. The number of hydrogen-bond acceptors (Lipinski definition) is 2. The lowest BCUT2D eigenvalue weighted by Gasteiger charge is -2.09. The lowest BCUT2D eigenvalue weighted by Crippen LogP contribution is -2.36. The summed E-state index contributed by atoms with van der Waals surface area (Å²) in [5.41, 5.74) is 4.73. The first-order chi connectivity index (χ1) is 7.26. The molecule has 0 unspecified atom stereocenters. The number of guanidine groups is 1. The molecule has 0 fully saturated rings. The van der Waals surface area contributed by atoms with Crippen LogP contribution in [0.1, 0.15) is 18.9 Å². The molecular weight excluding hydrogens is 188 g/mol. The van der Waals surface area contributed by atoms with Gasteiger partial charge in [-0.05, 0) is 31.0 Å². The molecule has 0 radical (unpaired) electrons. The zero-order valence-electron chi connectivity index (χ0n) is 9.25. The van der Waals surface area contributed by atoms with Gasteiger partial charge in [0.1, 0.15) is 0 Å². The fourth-order valence-electron chi connectivity index (χ4n) is 1.20. The van der Waals surface area contributed by atoms with E-state index in [4.69, 9.17) is 5.84 Å². The first-order valence-electron chi connectivity index (χ1n) is 5.11. The molecule has 1 rings (SSSR count). The van der Waals surface area contributed by atoms with E-state index in [1.807, 2.05) is 31.2 Å². The predicted octanol–water partition coefficient (Wildman–Crippen LogP) is 1.64. The molecule has 0 aliphatic heterocycles. The van der Waals surface area contributed by atoms with Crippen molar-refractivity contribution in [2.75, 3.05) is 11.9 Å². The van der Waals surface area contributed by atoms with Gasteiger partial charge in [-0.2, -0.15) is 0 Å². The van der Waals surface area contributed by atoms with Gasteiger partial charge in [-0.25, -0.2) is 5.84 Å². The smallest absolute Gasteiger partial charge is 0.210 e. The maximum absolute atomic E-state index is 5.36. The molecule has 4 N–H and O–H groups in total. The van der Waals surface area contributed by atoms with Crippen molar-refractivity contribution in [3.8, 4) is 0 Å². The van der Waals surface area contributed by atoms with Crippen LogP contribution in [0.25, 0.3) is 0 Å². The van der Waals surface area contributed by atoms with E-state index < -0.39 is 0 Å². The minimum Gasteiger partial charge on any atom is -0.325 e. The largest absolute Gasteiger partial charge is 0.325 e. The predicted molar refractivity (Wildman–Crippen MR) is 64.7 cm³/mol. The molecule has 82 valence electrons. The second-order valence-corrected chi connectivity index (χ2v) is 3.37. The molecule has 4 nitrogen and oxygen atoms in total. The molecule has 1 aromatic rings. The zero-order chi connectivity index (χ0) is 11.1. The number of aryl methyl sites for hydroxylation is 1. The standard InChI is InChI=1S/C11H18N4/c1-3-7-13-11(15-12)14-10-6-4-5-9(2)8-10/h4-6,8H,3,7,12H2,1-2H3,(H2,13,14,15). The average molecular weight is 206 g/mol. The van der Waals surface area contributed by atoms with Gasteiger partial charge in [0.15, 0.2) is 0 Å². The van der Waals surface area contributed by atoms with E-state index in [0.717, 1.165) is 18.7 Å². The SMILES string of the molecule is CCCN=C(NN)Nc1cccc(C)c1. The van der Waals surface area contributed by atoms with E-state index >= 15 is 0 Å². The van der Waals surface area contributed by atoms with Crippen molar-refractivity contribution in [1.29, 1.82) is 0 Å². The van der Waals surface area contributed by atoms with Gasteiger partial charge in [0.05, 0.1) is 0 Å². The Balaban J connectivity index is 2.66. The Morgan fingerprint density at radius 3 is 2.87 bits per heavy atom. The molecule has 0 aliphatic rings. The summed E-state index contributed by atoms with van der Waals surface area (Å²) in [6.45, 7) is 4.88. The maximum atomic E-state index is 5.36. The molecule has 15 heavy (non-hydrogen) atoms. The second-order valence-electron chi connectivity index (χ2n) is 3.37. The van der Waals surface area contributed by atoms with Gasteiger partial charge < -0.3 is 5.32 Å². The van der Waals surface area contributed by atoms with Gasteiger partial charge >= 0.3 is 0 Å². The normalized spacial score (nSPS) is 11.3. The van der Waals surface area contributed by atoms with Crippen molar-refractivity contribution < 1.29 is 0 Å². The van der Waals surface area contributed by atoms with Gasteiger partial charge in [-0.3, -0.25) is 10.4 Å². The topological polar surface area (TPSA) is 62.4 Å². The number of benzene rings is 1. The number of hydrogen-bond donors (Lipinski definition) is 3. The summed E-state index contributed by atoms with van der Waals surface area (Å²) in [7, 11) is 0. The van der Waals surface area contributed by atoms with Gasteiger partial charge in [-0.1, -0.05) is 19.1 Å². The fourth-order valence-corrected chi connectivity index (χ4v) is 1.20. The Morgan fingerprint density at radius 2 is 2.27 bits per heavy atom. The quantitative estimate of drug-likeness (QED) is 0.305. The molecule has 0 bridgehead atoms. The van der Waals surface area contributed by atoms with Crippen LogP contribution in [0.15, 0.2) is 29.3 Å². The molecule has 0 heterocycles. The molecule has 0 saturated carbocycles. The van der Waals surface area contributed by atoms with Gasteiger partial charge in [0.2, 0.25) is 5.96 Å². The Kier molecular flexibility index (Phi) is 4.63. The third-order valence-electron chi connectivity index (χ3n) is 1.91. The van der Waals surface area contributed by atoms with Crippen LogP contribution >= 0.6 is 0 Å². The number of nitrogens with zero attached hydrogens (tertiary/aromatic N) is 1. The summed E-state index contributed by atoms with van der Waals surface area (Å²) in [5.74, 6) is 5.96. The number of nitrogens with two attached hydrogens (primary N) is 1. The highest BCUT2D eigenvalue weighted by Gasteiger charge is 1.96. The summed E-state index contributed by atoms with van der Waals surface area (Å²) >= 11 is 0. The van der Waals surface area contributed by atoms with Crippen molar-refractivity contribution in [3.63, 3.8) is 0 Å². The summed E-state index contributed by atoms with van der Waals surface area (Å²) < 4.78 is 0. The van der Waals surface area contributed by atoms with Gasteiger partial charge in [0.25, 0.3) is 0 Å². The Labute approximate surface area is 90.6 Å². The Bertz CT molecular complexity index is 333. The lowest BCUT2D eigenvalue weighted by atomic mass is 10.2. The van der Waals surface area contributed by atoms with E-state index in [0.29, 0.717) is 5.96 Å². The highest BCUT2D eigenvalue weighted by Crippen LogP contribution is 2.08. The van der Waals surface area contributed by atoms with Crippen LogP contribution in [0.2, 0.25) is 0 Å². The van der Waals surface area contributed by atoms with E-state index in [2.05, 4.69) is 22.7 Å². The first kappa shape index (κ1) is 11.5. The van der Waals surface area contributed by atoms with Crippen molar-refractivity contribution >= 4 is 11.6 Å². The number of hydrazine groups is 1. The molecule has 1 aromatic carbocycles. The van der Waals surface area contributed by atoms with Crippen molar-refractivity contribution in [1.82, 2.24) is 5.43 Å². The number of nitrogens with one attached hydrogen (secondary N) is 2. The first-order valence-corrected chi connectivity index (χ1v) is 5.11. The van der Waals surface area contributed by atoms with Crippen LogP contribution in [0.3, 0.4) is 0 Å². The van der Waals surface area contributed by atoms with Crippen LogP contribution in [0.4, 0.5) is 5.69 Å². The lowest BCUT2D eigenvalue weighted by molar-refractivity contribution is 0.905. The van der Waals surface area contributed by atoms with Crippen molar-refractivity contribution in [2.45, 2.75) is 20.3 Å². The van der Waals surface area contributed by atoms with Gasteiger partial charge in [-0.15, -0.1) is 0 Å². The van der Waals surface area contributed by atoms with Crippen LogP contribution in [0.5, 0.6) is 0 Å². The summed E-state index contributed by atoms with van der Waals surface area (Å²) in [5, 5.41) is 3.12. The van der Waals surface area contributed by atoms with E-state index in [9.17, 15) is 0 Å². The minimum atomic E-state index is 0.599. The van der Waals surface area contributed by atoms with E-state index in [-0.39, 0.29) is 0 Å². The molecule has 0 saturated heterocycles. The van der Waals surface area contributed by atoms with Crippen LogP contribution in [-0.4, -0.2) is 12.5 Å². The highest BCUT2D eigenvalue weighted by molar-refractivity contribution is 5.93. The molecule has 0 aliphatic carbocycles. The van der Waals surface area contributed by atoms with Crippen LogP contribution in [-0.2, 0) is 0 Å². The third kappa shape index (κ3) is 3.99. The van der Waals surface area contributed by atoms with Crippen LogP contribution < -0.4 is 16.6 Å². The van der Waals surface area contributed by atoms with Crippen molar-refractivity contribution in [2.24, 2.45) is 10.8 Å².